The molecule has 6 nitrogen and oxygen atoms in total. The van der Waals surface area contributed by atoms with Gasteiger partial charge in [-0.1, -0.05) is 57.6 Å². The number of hydrogen-bond acceptors (Lipinski definition) is 5. The normalized spacial score (nSPS) is 12.8. The molecule has 2 aromatic carbocycles. The lowest BCUT2D eigenvalue weighted by molar-refractivity contribution is -0.274. The second-order valence-corrected chi connectivity index (χ2v) is 10.1. The van der Waals surface area contributed by atoms with E-state index in [-0.39, 0.29) is 17.6 Å². The number of aliphatic hydroxyl groups is 1. The van der Waals surface area contributed by atoms with Gasteiger partial charge < -0.3 is 14.6 Å². The van der Waals surface area contributed by atoms with Gasteiger partial charge in [-0.05, 0) is 80.5 Å². The van der Waals surface area contributed by atoms with E-state index in [1.165, 1.54) is 18.2 Å². The maximum Gasteiger partial charge on any atom is 0.573 e. The van der Waals surface area contributed by atoms with E-state index in [9.17, 15) is 22.8 Å². The van der Waals surface area contributed by atoms with Gasteiger partial charge in [-0.2, -0.15) is 0 Å². The van der Waals surface area contributed by atoms with E-state index in [2.05, 4.69) is 17.7 Å². The lowest BCUT2D eigenvalue weighted by Gasteiger charge is -2.12. The molecule has 0 aliphatic carbocycles. The highest BCUT2D eigenvalue weighted by Gasteiger charge is 2.31. The first-order chi connectivity index (χ1) is 19.9. The summed E-state index contributed by atoms with van der Waals surface area (Å²) in [6.45, 7) is 9.50. The molecular weight excluding hydrogens is 547 g/mol. The summed E-state index contributed by atoms with van der Waals surface area (Å²) in [5.74, 6) is 0.0493. The van der Waals surface area contributed by atoms with Crippen molar-refractivity contribution in [2.45, 2.75) is 72.8 Å². The number of fused-ring (bicyclic) bond motifs is 1. The van der Waals surface area contributed by atoms with Crippen LogP contribution >= 0.6 is 0 Å². The van der Waals surface area contributed by atoms with Gasteiger partial charge >= 0.3 is 6.36 Å². The minimum Gasteiger partial charge on any atom is -0.483 e. The second kappa shape index (κ2) is 16.0. The Bertz CT molecular complexity index is 1400. The number of benzene rings is 2. The summed E-state index contributed by atoms with van der Waals surface area (Å²) in [4.78, 5) is 25.0. The number of unbranched alkanes of at least 4 members (excludes halogenated alkanes) is 1. The highest BCUT2D eigenvalue weighted by atomic mass is 19.4. The van der Waals surface area contributed by atoms with Gasteiger partial charge in [0.2, 0.25) is 0 Å². The quantitative estimate of drug-likeness (QED) is 0.132. The van der Waals surface area contributed by atoms with Gasteiger partial charge in [-0.3, -0.25) is 14.2 Å². The fourth-order valence-corrected chi connectivity index (χ4v) is 4.59. The number of halogens is 3. The van der Waals surface area contributed by atoms with Crippen molar-refractivity contribution in [1.82, 2.24) is 4.57 Å². The third-order valence-electron chi connectivity index (χ3n) is 6.30. The van der Waals surface area contributed by atoms with Crippen molar-refractivity contribution in [3.63, 3.8) is 0 Å². The van der Waals surface area contributed by atoms with Crippen LogP contribution in [0.2, 0.25) is 0 Å². The number of aromatic nitrogens is 1. The standard InChI is InChI=1S/C32H36F3NO4.CH4O/c1-6-7-8-9-12-25(16-21(2)3)31(38)36-23(5)28(18-24-11-10-13-26(17-24)39-22(4)20-37)29-19-27(14-15-30(29)36)40-32(33,34)35;1-2/h8-11,13-17,19-22H,6-7,12,18H2,1-5H3;2H,1H3/b9-8-,25-16+;. The predicted molar refractivity (Wildman–Crippen MR) is 159 cm³/mol. The fraction of sp³-hybridized carbons (Fsp3) is 0.394. The molecule has 3 rings (SSSR count). The van der Waals surface area contributed by atoms with Crippen LogP contribution in [0.3, 0.4) is 0 Å². The Kier molecular flexibility index (Phi) is 13.1. The van der Waals surface area contributed by atoms with Gasteiger partial charge in [-0.25, -0.2) is 0 Å². The highest BCUT2D eigenvalue weighted by molar-refractivity contribution is 6.04. The van der Waals surface area contributed by atoms with Crippen LogP contribution in [0, 0.1) is 12.8 Å². The average molecular weight is 588 g/mol. The number of rotatable bonds is 12. The Balaban J connectivity index is 0.00000301. The monoisotopic (exact) mass is 587 g/mol. The third-order valence-corrected chi connectivity index (χ3v) is 6.30. The molecule has 0 radical (unpaired) electrons. The molecular formula is C33H40F3NO5. The van der Waals surface area contributed by atoms with Crippen LogP contribution < -0.4 is 9.47 Å². The van der Waals surface area contributed by atoms with Gasteiger partial charge in [0.15, 0.2) is 12.4 Å². The van der Waals surface area contributed by atoms with E-state index in [0.29, 0.717) is 52.6 Å². The van der Waals surface area contributed by atoms with E-state index < -0.39 is 12.5 Å². The number of alkyl halides is 3. The highest BCUT2D eigenvalue weighted by Crippen LogP contribution is 2.34. The molecule has 9 heteroatoms. The number of allylic oxidation sites excluding steroid dienone is 4. The van der Waals surface area contributed by atoms with Crippen LogP contribution in [0.15, 0.2) is 66.3 Å². The van der Waals surface area contributed by atoms with Gasteiger partial charge in [0, 0.05) is 23.8 Å². The van der Waals surface area contributed by atoms with Gasteiger partial charge in [0.05, 0.1) is 5.52 Å². The van der Waals surface area contributed by atoms with Crippen molar-refractivity contribution in [3.05, 3.63) is 83.1 Å². The number of carbonyl (C=O) groups is 2. The third kappa shape index (κ3) is 9.62. The molecule has 1 N–H and O–H groups in total. The summed E-state index contributed by atoms with van der Waals surface area (Å²) in [7, 11) is 1.00. The first kappa shape index (κ1) is 34.4. The summed E-state index contributed by atoms with van der Waals surface area (Å²) in [6.07, 6.45) is 3.87. The molecule has 0 aliphatic rings. The van der Waals surface area contributed by atoms with Crippen LogP contribution in [0.1, 0.15) is 68.6 Å². The van der Waals surface area contributed by atoms with Crippen LogP contribution in [0.4, 0.5) is 13.2 Å². The van der Waals surface area contributed by atoms with E-state index in [1.807, 2.05) is 32.1 Å². The zero-order valence-corrected chi connectivity index (χ0v) is 25.0. The molecule has 0 aliphatic heterocycles. The number of aliphatic hydroxyl groups excluding tert-OH is 1. The molecule has 0 amide bonds. The van der Waals surface area contributed by atoms with Gasteiger partial charge in [0.1, 0.15) is 11.5 Å². The molecule has 1 heterocycles. The zero-order chi connectivity index (χ0) is 31.4. The summed E-state index contributed by atoms with van der Waals surface area (Å²) < 4.78 is 50.5. The summed E-state index contributed by atoms with van der Waals surface area (Å²) in [6, 6.07) is 11.2. The Morgan fingerprint density at radius 3 is 2.38 bits per heavy atom. The second-order valence-electron chi connectivity index (χ2n) is 10.1. The Labute approximate surface area is 245 Å². The summed E-state index contributed by atoms with van der Waals surface area (Å²) >= 11 is 0. The van der Waals surface area contributed by atoms with Gasteiger partial charge in [0.25, 0.3) is 5.91 Å². The number of carbonyl (C=O) groups excluding carboxylic acids is 2. The van der Waals surface area contributed by atoms with Crippen LogP contribution in [-0.4, -0.2) is 41.4 Å². The fourth-order valence-electron chi connectivity index (χ4n) is 4.59. The Morgan fingerprint density at radius 2 is 1.76 bits per heavy atom. The Morgan fingerprint density at radius 1 is 1.05 bits per heavy atom. The molecule has 3 aromatic rings. The minimum absolute atomic E-state index is 0.128. The molecule has 0 bridgehead atoms. The van der Waals surface area contributed by atoms with Crippen LogP contribution in [0.25, 0.3) is 10.9 Å². The first-order valence-electron chi connectivity index (χ1n) is 13.9. The maximum atomic E-state index is 14.0. The molecule has 0 saturated heterocycles. The number of hydrogen-bond donors (Lipinski definition) is 1. The van der Waals surface area contributed by atoms with Crippen molar-refractivity contribution >= 4 is 23.1 Å². The molecule has 0 saturated carbocycles. The van der Waals surface area contributed by atoms with Crippen molar-refractivity contribution in [2.75, 3.05) is 7.11 Å². The zero-order valence-electron chi connectivity index (χ0n) is 25.0. The van der Waals surface area contributed by atoms with Crippen molar-refractivity contribution in [2.24, 2.45) is 5.92 Å². The van der Waals surface area contributed by atoms with Gasteiger partial charge in [-0.15, -0.1) is 13.2 Å². The number of ether oxygens (including phenoxy) is 2. The number of nitrogens with zero attached hydrogens (tertiary/aromatic N) is 1. The van der Waals surface area contributed by atoms with E-state index in [0.717, 1.165) is 25.5 Å². The topological polar surface area (TPSA) is 77.8 Å². The van der Waals surface area contributed by atoms with Crippen molar-refractivity contribution in [1.29, 1.82) is 0 Å². The van der Waals surface area contributed by atoms with Crippen LogP contribution in [0.5, 0.6) is 11.5 Å². The van der Waals surface area contributed by atoms with E-state index >= 15 is 0 Å². The first-order valence-corrected chi connectivity index (χ1v) is 13.9. The smallest absolute Gasteiger partial charge is 0.483 e. The van der Waals surface area contributed by atoms with Crippen LogP contribution in [-0.2, 0) is 11.2 Å². The Hall–Kier alpha value is -3.85. The molecule has 1 aromatic heterocycles. The van der Waals surface area contributed by atoms with Crippen molar-refractivity contribution in [3.8, 4) is 11.5 Å². The average Bonchev–Trinajstić information content (AvgIpc) is 3.20. The van der Waals surface area contributed by atoms with Crippen molar-refractivity contribution < 1.29 is 37.3 Å². The molecule has 0 fully saturated rings. The maximum absolute atomic E-state index is 14.0. The lowest BCUT2D eigenvalue weighted by Crippen LogP contribution is -2.17. The molecule has 42 heavy (non-hydrogen) atoms. The largest absolute Gasteiger partial charge is 0.573 e. The summed E-state index contributed by atoms with van der Waals surface area (Å²) in [5.41, 5.74) is 3.25. The lowest BCUT2D eigenvalue weighted by atomic mass is 10.0. The summed E-state index contributed by atoms with van der Waals surface area (Å²) in [5, 5.41) is 7.49. The predicted octanol–water partition coefficient (Wildman–Crippen LogP) is 7.98. The van der Waals surface area contributed by atoms with E-state index in [1.54, 1.807) is 36.6 Å². The minimum atomic E-state index is -4.85. The molecule has 1 atom stereocenters. The molecule has 228 valence electrons. The molecule has 0 spiro atoms. The SMILES string of the molecule is CCC/C=C\C/C(=C\C(C)C)C(=O)n1c(C)c(Cc2cccc(OC(C)C=O)c2)c2cc(OC(F)(F)F)ccc21.CO. The molecule has 1 unspecified atom stereocenters. The number of aldehydes is 1. The van der Waals surface area contributed by atoms with E-state index in [4.69, 9.17) is 9.84 Å².